The maximum atomic E-state index is 14.3. The number of ketones is 3. The minimum absolute atomic E-state index is 0.118. The fourth-order valence-corrected chi connectivity index (χ4v) is 6.49. The van der Waals surface area contributed by atoms with E-state index >= 15 is 0 Å². The summed E-state index contributed by atoms with van der Waals surface area (Å²) < 4.78 is 5.47. The number of fused-ring (bicyclic) bond motifs is 5. The van der Waals surface area contributed by atoms with Crippen LogP contribution in [0.4, 0.5) is 5.69 Å². The highest BCUT2D eigenvalue weighted by Crippen LogP contribution is 2.60. The van der Waals surface area contributed by atoms with Crippen LogP contribution in [0.2, 0.25) is 5.02 Å². The summed E-state index contributed by atoms with van der Waals surface area (Å²) in [7, 11) is 1.57. The van der Waals surface area contributed by atoms with E-state index in [0.717, 1.165) is 16.8 Å². The number of benzene rings is 3. The van der Waals surface area contributed by atoms with Crippen LogP contribution in [0.15, 0.2) is 72.8 Å². The van der Waals surface area contributed by atoms with Crippen molar-refractivity contribution in [3.05, 3.63) is 100 Å². The number of carbonyl (C=O) groups is 3. The monoisotopic (exact) mass is 483 g/mol. The topological polar surface area (TPSA) is 63.7 Å². The molecule has 0 N–H and O–H groups in total. The number of hydrogen-bond donors (Lipinski definition) is 0. The molecule has 0 saturated carbocycles. The first kappa shape index (κ1) is 21.8. The average molecular weight is 484 g/mol. The van der Waals surface area contributed by atoms with Gasteiger partial charge in [0.15, 0.2) is 17.3 Å². The van der Waals surface area contributed by atoms with Crippen molar-refractivity contribution in [3.63, 3.8) is 0 Å². The van der Waals surface area contributed by atoms with Crippen LogP contribution in [0.3, 0.4) is 0 Å². The summed E-state index contributed by atoms with van der Waals surface area (Å²) in [5, 5.41) is 0.574. The number of anilines is 1. The zero-order valence-corrected chi connectivity index (χ0v) is 20.0. The molecule has 6 heteroatoms. The molecule has 0 amide bonds. The Morgan fingerprint density at radius 2 is 1.69 bits per heavy atom. The van der Waals surface area contributed by atoms with Gasteiger partial charge in [-0.1, -0.05) is 60.2 Å². The molecule has 3 aliphatic rings. The lowest BCUT2D eigenvalue weighted by Crippen LogP contribution is -2.48. The Morgan fingerprint density at radius 3 is 2.34 bits per heavy atom. The largest absolute Gasteiger partial charge is 0.497 e. The van der Waals surface area contributed by atoms with Crippen molar-refractivity contribution in [2.45, 2.75) is 24.9 Å². The Morgan fingerprint density at radius 1 is 0.971 bits per heavy atom. The molecule has 0 aromatic heterocycles. The first-order valence-corrected chi connectivity index (χ1v) is 11.9. The van der Waals surface area contributed by atoms with Crippen molar-refractivity contribution in [2.75, 3.05) is 12.0 Å². The molecule has 174 valence electrons. The van der Waals surface area contributed by atoms with Crippen LogP contribution in [0.5, 0.6) is 5.75 Å². The van der Waals surface area contributed by atoms with Gasteiger partial charge in [0.25, 0.3) is 0 Å². The Labute approximate surface area is 208 Å². The Kier molecular flexibility index (Phi) is 4.77. The summed E-state index contributed by atoms with van der Waals surface area (Å²) in [6, 6.07) is 18.4. The second kappa shape index (κ2) is 7.65. The van der Waals surface area contributed by atoms with Gasteiger partial charge in [0, 0.05) is 27.8 Å². The molecule has 2 aliphatic heterocycles. The summed E-state index contributed by atoms with van der Waals surface area (Å²) in [5.41, 5.74) is 1.67. The average Bonchev–Trinajstić information content (AvgIpc) is 3.30. The minimum Gasteiger partial charge on any atom is -0.497 e. The van der Waals surface area contributed by atoms with E-state index in [1.165, 1.54) is 6.92 Å². The molecule has 1 unspecified atom stereocenters. The zero-order chi connectivity index (χ0) is 24.5. The minimum atomic E-state index is -1.49. The highest BCUT2D eigenvalue weighted by Gasteiger charge is 2.71. The maximum Gasteiger partial charge on any atom is 0.180 e. The molecule has 3 atom stereocenters. The Bertz CT molecular complexity index is 1420. The molecule has 1 aliphatic carbocycles. The van der Waals surface area contributed by atoms with Gasteiger partial charge in [-0.15, -0.1) is 0 Å². The fraction of sp³-hybridized carbons (Fsp3) is 0.207. The highest BCUT2D eigenvalue weighted by atomic mass is 35.5. The van der Waals surface area contributed by atoms with Gasteiger partial charge in [0.05, 0.1) is 19.2 Å². The van der Waals surface area contributed by atoms with Crippen molar-refractivity contribution in [1.29, 1.82) is 0 Å². The van der Waals surface area contributed by atoms with Crippen molar-refractivity contribution in [3.8, 4) is 5.75 Å². The third-order valence-electron chi connectivity index (χ3n) is 7.64. The second-order valence-electron chi connectivity index (χ2n) is 9.30. The first-order chi connectivity index (χ1) is 16.9. The molecule has 35 heavy (non-hydrogen) atoms. The molecule has 1 spiro atoms. The highest BCUT2D eigenvalue weighted by molar-refractivity contribution is 6.32. The quantitative estimate of drug-likeness (QED) is 0.468. The molecule has 1 saturated heterocycles. The van der Waals surface area contributed by atoms with Crippen LogP contribution >= 0.6 is 11.6 Å². The number of methoxy groups -OCH3 is 1. The van der Waals surface area contributed by atoms with Gasteiger partial charge in [0.1, 0.15) is 11.2 Å². The SMILES string of the molecule is COc1cccc([C@H]2[C@H](C(C)=O)N3c4ccc(Cl)cc4C=CC3C23C(=O)c2ccccc2C3=O)c1. The van der Waals surface area contributed by atoms with Crippen molar-refractivity contribution >= 4 is 40.7 Å². The molecular formula is C29H22ClNO4. The number of rotatable bonds is 3. The molecular weight excluding hydrogens is 462 g/mol. The Hall–Kier alpha value is -3.70. The summed E-state index contributed by atoms with van der Waals surface area (Å²) in [6.07, 6.45) is 3.79. The van der Waals surface area contributed by atoms with Crippen molar-refractivity contribution < 1.29 is 19.1 Å². The molecule has 3 aromatic carbocycles. The normalized spacial score (nSPS) is 23.3. The van der Waals surface area contributed by atoms with E-state index in [-0.39, 0.29) is 17.3 Å². The number of ether oxygens (including phenoxy) is 1. The molecule has 0 radical (unpaired) electrons. The third-order valence-corrected chi connectivity index (χ3v) is 7.87. The van der Waals surface area contributed by atoms with Crippen LogP contribution in [-0.4, -0.2) is 36.5 Å². The number of hydrogen-bond acceptors (Lipinski definition) is 5. The number of nitrogens with zero attached hydrogens (tertiary/aromatic N) is 1. The predicted octanol–water partition coefficient (Wildman–Crippen LogP) is 5.37. The van der Waals surface area contributed by atoms with E-state index in [1.54, 1.807) is 37.4 Å². The van der Waals surface area contributed by atoms with Crippen molar-refractivity contribution in [2.24, 2.45) is 5.41 Å². The summed E-state index contributed by atoms with van der Waals surface area (Å²) >= 11 is 6.26. The van der Waals surface area contributed by atoms with Gasteiger partial charge in [0.2, 0.25) is 0 Å². The van der Waals surface area contributed by atoms with Gasteiger partial charge in [-0.05, 0) is 48.4 Å². The third kappa shape index (κ3) is 2.79. The van der Waals surface area contributed by atoms with E-state index < -0.39 is 23.4 Å². The molecule has 2 heterocycles. The summed E-state index contributed by atoms with van der Waals surface area (Å²) in [6.45, 7) is 1.53. The van der Waals surface area contributed by atoms with Gasteiger partial charge in [-0.3, -0.25) is 14.4 Å². The van der Waals surface area contributed by atoms with Gasteiger partial charge < -0.3 is 9.64 Å². The van der Waals surface area contributed by atoms with Crippen LogP contribution in [0.25, 0.3) is 6.08 Å². The van der Waals surface area contributed by atoms with Crippen LogP contribution in [0, 0.1) is 5.41 Å². The lowest BCUT2D eigenvalue weighted by atomic mass is 9.64. The number of halogens is 1. The standard InChI is InChI=1S/C29H22ClNO4/c1-16(32)26-25(18-6-5-7-20(15-18)35-2)29(27(33)21-8-3-4-9-22(21)28(29)34)24-13-10-17-14-19(30)11-12-23(17)31(24)26/h3-15,24-26H,1-2H3/t24?,25-,26-/m0/s1. The molecule has 5 nitrogen and oxygen atoms in total. The number of carbonyl (C=O) groups excluding carboxylic acids is 3. The smallest absolute Gasteiger partial charge is 0.180 e. The van der Waals surface area contributed by atoms with Crippen LogP contribution < -0.4 is 9.64 Å². The van der Waals surface area contributed by atoms with Gasteiger partial charge in [-0.25, -0.2) is 0 Å². The lowest BCUT2D eigenvalue weighted by Gasteiger charge is -2.37. The molecule has 1 fully saturated rings. The van der Waals surface area contributed by atoms with Crippen LogP contribution in [0.1, 0.15) is 44.7 Å². The molecule has 3 aromatic rings. The van der Waals surface area contributed by atoms with Crippen LogP contribution in [-0.2, 0) is 4.79 Å². The number of Topliss-reactive ketones (excluding diaryl/α,β-unsaturated/α-hetero) is 3. The summed E-state index contributed by atoms with van der Waals surface area (Å²) in [5.74, 6) is -0.715. The second-order valence-corrected chi connectivity index (χ2v) is 9.73. The van der Waals surface area contributed by atoms with E-state index in [1.807, 2.05) is 53.5 Å². The predicted molar refractivity (Wildman–Crippen MR) is 134 cm³/mol. The fourth-order valence-electron chi connectivity index (χ4n) is 6.31. The summed E-state index contributed by atoms with van der Waals surface area (Å²) in [4.78, 5) is 44.0. The Balaban J connectivity index is 1.68. The zero-order valence-electron chi connectivity index (χ0n) is 19.2. The van der Waals surface area contributed by atoms with E-state index in [2.05, 4.69) is 0 Å². The van der Waals surface area contributed by atoms with E-state index in [0.29, 0.717) is 21.9 Å². The van der Waals surface area contributed by atoms with Crippen molar-refractivity contribution in [1.82, 2.24) is 0 Å². The lowest BCUT2D eigenvalue weighted by molar-refractivity contribution is -0.118. The molecule has 6 rings (SSSR count). The van der Waals surface area contributed by atoms with E-state index in [9.17, 15) is 14.4 Å². The maximum absolute atomic E-state index is 14.3. The van der Waals surface area contributed by atoms with Gasteiger partial charge >= 0.3 is 0 Å². The van der Waals surface area contributed by atoms with E-state index in [4.69, 9.17) is 16.3 Å². The first-order valence-electron chi connectivity index (χ1n) is 11.5. The molecule has 0 bridgehead atoms. The van der Waals surface area contributed by atoms with Gasteiger partial charge in [-0.2, -0.15) is 0 Å².